The molecule has 0 amide bonds. The molecule has 3 aromatic rings. The van der Waals surface area contributed by atoms with Gasteiger partial charge in [-0.15, -0.1) is 0 Å². The quantitative estimate of drug-likeness (QED) is 0.486. The first kappa shape index (κ1) is 23.6. The van der Waals surface area contributed by atoms with E-state index in [-0.39, 0.29) is 47.1 Å². The van der Waals surface area contributed by atoms with Gasteiger partial charge >= 0.3 is 5.97 Å². The van der Waals surface area contributed by atoms with Gasteiger partial charge in [-0.3, -0.25) is 9.59 Å². The molecule has 0 bridgehead atoms. The number of pyridine rings is 1. The van der Waals surface area contributed by atoms with E-state index in [4.69, 9.17) is 4.74 Å². The van der Waals surface area contributed by atoms with Crippen molar-refractivity contribution < 1.29 is 27.9 Å². The zero-order valence-corrected chi connectivity index (χ0v) is 19.8. The van der Waals surface area contributed by atoms with Crippen molar-refractivity contribution in [2.75, 3.05) is 12.9 Å². The van der Waals surface area contributed by atoms with Gasteiger partial charge in [-0.1, -0.05) is 43.3 Å². The molecule has 176 valence electrons. The van der Waals surface area contributed by atoms with Gasteiger partial charge in [0, 0.05) is 23.7 Å². The number of ketones is 1. The highest BCUT2D eigenvalue weighted by Gasteiger charge is 2.45. The highest BCUT2D eigenvalue weighted by Crippen LogP contribution is 2.41. The summed E-state index contributed by atoms with van der Waals surface area (Å²) in [6.07, 6.45) is 1.78. The lowest BCUT2D eigenvalue weighted by Crippen LogP contribution is -2.34. The van der Waals surface area contributed by atoms with Crippen molar-refractivity contribution >= 4 is 21.6 Å². The van der Waals surface area contributed by atoms with Gasteiger partial charge in [-0.2, -0.15) is 0 Å². The Kier molecular flexibility index (Phi) is 6.27. The largest absolute Gasteiger partial charge is 0.481 e. The van der Waals surface area contributed by atoms with Crippen LogP contribution in [0.1, 0.15) is 34.8 Å². The minimum absolute atomic E-state index is 0.0377. The topological polar surface area (TPSA) is 111 Å². The van der Waals surface area contributed by atoms with Crippen LogP contribution in [0.3, 0.4) is 0 Å². The van der Waals surface area contributed by atoms with Crippen LogP contribution < -0.4 is 4.74 Å². The molecule has 0 atom stereocenters. The van der Waals surface area contributed by atoms with Crippen molar-refractivity contribution in [1.29, 1.82) is 0 Å². The maximum absolute atomic E-state index is 13.3. The van der Waals surface area contributed by atoms with Crippen molar-refractivity contribution in [3.05, 3.63) is 77.5 Å². The third kappa shape index (κ3) is 4.33. The van der Waals surface area contributed by atoms with Crippen LogP contribution in [-0.2, 0) is 27.5 Å². The van der Waals surface area contributed by atoms with Crippen LogP contribution in [0.5, 0.6) is 5.88 Å². The van der Waals surface area contributed by atoms with Gasteiger partial charge in [0.25, 0.3) is 0 Å². The van der Waals surface area contributed by atoms with E-state index in [1.807, 2.05) is 24.3 Å². The lowest BCUT2D eigenvalue weighted by atomic mass is 9.79. The first-order valence-corrected chi connectivity index (χ1v) is 12.5. The number of fused-ring (bicyclic) bond motifs is 1. The number of carboxylic acid groups (broad SMARTS) is 1. The molecule has 1 aliphatic rings. The van der Waals surface area contributed by atoms with E-state index in [2.05, 4.69) is 4.98 Å². The Bertz CT molecular complexity index is 1350. The number of benzene rings is 2. The number of hydrogen-bond donors (Lipinski definition) is 1. The minimum Gasteiger partial charge on any atom is -0.481 e. The Balaban J connectivity index is 1.69. The molecule has 7 nitrogen and oxygen atoms in total. The van der Waals surface area contributed by atoms with E-state index in [0.717, 1.165) is 11.1 Å². The van der Waals surface area contributed by atoms with Crippen LogP contribution in [0, 0.1) is 5.41 Å². The molecule has 0 spiro atoms. The van der Waals surface area contributed by atoms with E-state index < -0.39 is 21.2 Å². The number of carboxylic acids is 1. The lowest BCUT2D eigenvalue weighted by Gasteiger charge is -2.23. The zero-order valence-electron chi connectivity index (χ0n) is 18.9. The molecule has 34 heavy (non-hydrogen) atoms. The average molecular weight is 480 g/mol. The third-order valence-electron chi connectivity index (χ3n) is 6.38. The standard InChI is InChI=1S/C26H25NO6S/c1-3-34(31,32)21-10-6-9-17(11-21)22-12-20(16-27-24(22)33-2)23(28)15-26(25(29)30)13-18-7-4-5-8-19(18)14-26/h4-12,16H,3,13-15H2,1-2H3,(H,29,30). The second-order valence-electron chi connectivity index (χ2n) is 8.52. The van der Waals surface area contributed by atoms with Gasteiger partial charge in [0.2, 0.25) is 5.88 Å². The molecule has 0 radical (unpaired) electrons. The van der Waals surface area contributed by atoms with Crippen LogP contribution >= 0.6 is 0 Å². The number of aromatic nitrogens is 1. The number of carbonyl (C=O) groups is 2. The first-order chi connectivity index (χ1) is 16.2. The Morgan fingerprint density at radius 2 is 1.74 bits per heavy atom. The predicted molar refractivity (Wildman–Crippen MR) is 127 cm³/mol. The number of hydrogen-bond acceptors (Lipinski definition) is 6. The molecule has 0 fully saturated rings. The van der Waals surface area contributed by atoms with Crippen LogP contribution in [-0.4, -0.2) is 43.1 Å². The van der Waals surface area contributed by atoms with Crippen LogP contribution in [0.15, 0.2) is 65.7 Å². The molecule has 0 saturated carbocycles. The summed E-state index contributed by atoms with van der Waals surface area (Å²) in [6, 6.07) is 15.5. The fourth-order valence-electron chi connectivity index (χ4n) is 4.45. The smallest absolute Gasteiger partial charge is 0.310 e. The summed E-state index contributed by atoms with van der Waals surface area (Å²) in [5, 5.41) is 10.0. The molecule has 1 N–H and O–H groups in total. The molecule has 4 rings (SSSR count). The van der Waals surface area contributed by atoms with Crippen LogP contribution in [0.25, 0.3) is 11.1 Å². The van der Waals surface area contributed by atoms with Gasteiger partial charge in [0.1, 0.15) is 0 Å². The number of rotatable bonds is 8. The summed E-state index contributed by atoms with van der Waals surface area (Å²) in [4.78, 5) is 30.0. The fourth-order valence-corrected chi connectivity index (χ4v) is 5.38. The number of carbonyl (C=O) groups excluding carboxylic acids is 1. The number of Topliss-reactive ketones (excluding diaryl/α,β-unsaturated/α-hetero) is 1. The SMILES string of the molecule is CCS(=O)(=O)c1cccc(-c2cc(C(=O)CC3(C(=O)O)Cc4ccccc4C3)cnc2OC)c1. The molecule has 8 heteroatoms. The predicted octanol–water partition coefficient (Wildman–Crippen LogP) is 3.99. The third-order valence-corrected chi connectivity index (χ3v) is 8.11. The Morgan fingerprint density at radius 3 is 2.32 bits per heavy atom. The Labute approximate surface area is 198 Å². The molecule has 1 heterocycles. The Hall–Kier alpha value is -3.52. The van der Waals surface area contributed by atoms with Gasteiger partial charge in [-0.05, 0) is 47.7 Å². The van der Waals surface area contributed by atoms with E-state index in [1.54, 1.807) is 25.1 Å². The highest BCUT2D eigenvalue weighted by atomic mass is 32.2. The summed E-state index contributed by atoms with van der Waals surface area (Å²) in [7, 11) is -1.99. The summed E-state index contributed by atoms with van der Waals surface area (Å²) in [5.41, 5.74) is 1.92. The van der Waals surface area contributed by atoms with Crippen LogP contribution in [0.2, 0.25) is 0 Å². The fraction of sp³-hybridized carbons (Fsp3) is 0.269. The van der Waals surface area contributed by atoms with E-state index >= 15 is 0 Å². The molecule has 1 aliphatic carbocycles. The van der Waals surface area contributed by atoms with Crippen molar-refractivity contribution in [2.45, 2.75) is 31.1 Å². The van der Waals surface area contributed by atoms with E-state index in [9.17, 15) is 23.1 Å². The van der Waals surface area contributed by atoms with Crippen molar-refractivity contribution in [2.24, 2.45) is 5.41 Å². The molecular weight excluding hydrogens is 454 g/mol. The monoisotopic (exact) mass is 479 g/mol. The average Bonchev–Trinajstić information content (AvgIpc) is 3.23. The van der Waals surface area contributed by atoms with Gasteiger partial charge < -0.3 is 9.84 Å². The maximum atomic E-state index is 13.3. The summed E-state index contributed by atoms with van der Waals surface area (Å²) < 4.78 is 30.0. The van der Waals surface area contributed by atoms with Crippen LogP contribution in [0.4, 0.5) is 0 Å². The molecule has 0 aliphatic heterocycles. The molecule has 1 aromatic heterocycles. The van der Waals surface area contributed by atoms with Crippen molar-refractivity contribution in [3.8, 4) is 17.0 Å². The normalized spacial score (nSPS) is 14.4. The maximum Gasteiger partial charge on any atom is 0.310 e. The molecule has 0 unspecified atom stereocenters. The first-order valence-electron chi connectivity index (χ1n) is 10.9. The Morgan fingerprint density at radius 1 is 1.06 bits per heavy atom. The molecule has 0 saturated heterocycles. The van der Waals surface area contributed by atoms with Gasteiger partial charge in [0.05, 0.1) is 23.2 Å². The highest BCUT2D eigenvalue weighted by molar-refractivity contribution is 7.91. The number of aliphatic carboxylic acids is 1. The van der Waals surface area contributed by atoms with Gasteiger partial charge in [0.15, 0.2) is 15.6 Å². The van der Waals surface area contributed by atoms with Crippen molar-refractivity contribution in [1.82, 2.24) is 4.98 Å². The molecular formula is C26H25NO6S. The second-order valence-corrected chi connectivity index (χ2v) is 10.8. The van der Waals surface area contributed by atoms with E-state index in [0.29, 0.717) is 11.1 Å². The van der Waals surface area contributed by atoms with E-state index in [1.165, 1.54) is 25.4 Å². The number of ether oxygens (including phenoxy) is 1. The second kappa shape index (κ2) is 9.02. The lowest BCUT2D eigenvalue weighted by molar-refractivity contribution is -0.148. The summed E-state index contributed by atoms with van der Waals surface area (Å²) >= 11 is 0. The summed E-state index contributed by atoms with van der Waals surface area (Å²) in [6.45, 7) is 1.57. The molecule has 2 aromatic carbocycles. The number of methoxy groups -OCH3 is 1. The number of sulfone groups is 1. The zero-order chi connectivity index (χ0) is 24.5. The summed E-state index contributed by atoms with van der Waals surface area (Å²) in [5.74, 6) is -1.15. The minimum atomic E-state index is -3.43. The number of nitrogens with zero attached hydrogens (tertiary/aromatic N) is 1. The van der Waals surface area contributed by atoms with Gasteiger partial charge in [-0.25, -0.2) is 13.4 Å². The van der Waals surface area contributed by atoms with Crippen molar-refractivity contribution in [3.63, 3.8) is 0 Å².